The smallest absolute Gasteiger partial charge is 0.223 e. The van der Waals surface area contributed by atoms with Crippen molar-refractivity contribution in [2.24, 2.45) is 5.92 Å². The summed E-state index contributed by atoms with van der Waals surface area (Å²) in [7, 11) is -3.40. The maximum absolute atomic E-state index is 13.0. The van der Waals surface area contributed by atoms with E-state index in [4.69, 9.17) is 4.74 Å². The molecule has 0 N–H and O–H groups in total. The maximum atomic E-state index is 13.0. The van der Waals surface area contributed by atoms with Crippen molar-refractivity contribution in [1.82, 2.24) is 9.21 Å². The van der Waals surface area contributed by atoms with Crippen molar-refractivity contribution in [2.75, 3.05) is 45.1 Å². The number of ether oxygens (including phenoxy) is 1. The Kier molecular flexibility index (Phi) is 6.83. The summed E-state index contributed by atoms with van der Waals surface area (Å²) in [6, 6.07) is 6.57. The molecule has 1 amide bonds. The second-order valence-corrected chi connectivity index (χ2v) is 9.32. The van der Waals surface area contributed by atoms with Crippen molar-refractivity contribution in [3.8, 4) is 0 Å². The summed E-state index contributed by atoms with van der Waals surface area (Å²) < 4.78 is 44.2. The molecule has 0 unspecified atom stereocenters. The number of carbonyl (C=O) groups is 1. The van der Waals surface area contributed by atoms with Crippen LogP contribution in [0.5, 0.6) is 0 Å². The Morgan fingerprint density at radius 3 is 2.33 bits per heavy atom. The van der Waals surface area contributed by atoms with Gasteiger partial charge in [0, 0.05) is 32.6 Å². The number of hydrogen-bond donors (Lipinski definition) is 0. The number of hydrogen-bond acceptors (Lipinski definition) is 4. The zero-order valence-electron chi connectivity index (χ0n) is 15.5. The molecular formula is C19H27FN2O4S. The third-order valence-electron chi connectivity index (χ3n) is 5.34. The summed E-state index contributed by atoms with van der Waals surface area (Å²) in [5.41, 5.74) is 1.11. The molecule has 0 saturated carbocycles. The van der Waals surface area contributed by atoms with Crippen LogP contribution in [-0.2, 0) is 26.0 Å². The maximum Gasteiger partial charge on any atom is 0.223 e. The van der Waals surface area contributed by atoms with Crippen LogP contribution >= 0.6 is 0 Å². The molecule has 2 saturated heterocycles. The molecule has 1 aromatic rings. The zero-order valence-corrected chi connectivity index (χ0v) is 16.3. The molecule has 8 heteroatoms. The van der Waals surface area contributed by atoms with E-state index < -0.39 is 10.0 Å². The van der Waals surface area contributed by atoms with Crippen molar-refractivity contribution in [3.63, 3.8) is 0 Å². The molecule has 1 aromatic carbocycles. The highest BCUT2D eigenvalue weighted by Crippen LogP contribution is 2.22. The summed E-state index contributed by atoms with van der Waals surface area (Å²) in [4.78, 5) is 14.2. The fourth-order valence-electron chi connectivity index (χ4n) is 3.67. The Morgan fingerprint density at radius 1 is 1.07 bits per heavy atom. The fraction of sp³-hybridized carbons (Fsp3) is 0.632. The Bertz CT molecular complexity index is 725. The number of piperidine rings is 1. The van der Waals surface area contributed by atoms with Gasteiger partial charge in [0.25, 0.3) is 0 Å². The van der Waals surface area contributed by atoms with E-state index in [1.807, 2.05) is 12.1 Å². The van der Waals surface area contributed by atoms with Crippen molar-refractivity contribution in [2.45, 2.75) is 25.7 Å². The first-order valence-corrected chi connectivity index (χ1v) is 11.1. The molecule has 0 spiro atoms. The van der Waals surface area contributed by atoms with Crippen molar-refractivity contribution in [1.29, 1.82) is 0 Å². The van der Waals surface area contributed by atoms with Gasteiger partial charge in [0.2, 0.25) is 15.9 Å². The largest absolute Gasteiger partial charge is 0.379 e. The lowest BCUT2D eigenvalue weighted by atomic mass is 9.90. The van der Waals surface area contributed by atoms with Gasteiger partial charge in [0.15, 0.2) is 0 Å². The number of halogens is 1. The highest BCUT2D eigenvalue weighted by atomic mass is 32.2. The third kappa shape index (κ3) is 5.73. The van der Waals surface area contributed by atoms with Crippen molar-refractivity contribution < 1.29 is 22.3 Å². The molecule has 2 aliphatic rings. The molecule has 2 heterocycles. The molecule has 0 aromatic heterocycles. The molecule has 0 aliphatic carbocycles. The predicted octanol–water partition coefficient (Wildman–Crippen LogP) is 1.66. The summed E-state index contributed by atoms with van der Waals surface area (Å²) >= 11 is 0. The van der Waals surface area contributed by atoms with E-state index in [9.17, 15) is 17.6 Å². The number of sulfonamides is 1. The quantitative estimate of drug-likeness (QED) is 0.731. The zero-order chi connectivity index (χ0) is 19.3. The molecule has 27 heavy (non-hydrogen) atoms. The van der Waals surface area contributed by atoms with Crippen LogP contribution in [0.15, 0.2) is 24.3 Å². The van der Waals surface area contributed by atoms with E-state index >= 15 is 0 Å². The van der Waals surface area contributed by atoms with Crippen molar-refractivity contribution in [3.05, 3.63) is 35.6 Å². The van der Waals surface area contributed by atoms with E-state index in [0.29, 0.717) is 45.3 Å². The number of nitrogens with zero attached hydrogens (tertiary/aromatic N) is 2. The van der Waals surface area contributed by atoms with E-state index in [0.717, 1.165) is 24.8 Å². The first-order valence-electron chi connectivity index (χ1n) is 9.52. The number of carbonyl (C=O) groups excluding carboxylic acids is 1. The number of morpholine rings is 1. The Hall–Kier alpha value is -1.51. The number of benzene rings is 1. The Labute approximate surface area is 160 Å². The standard InChI is InChI=1S/C19H27FN2O4S/c20-18-3-1-16(2-4-18)15-17-5-8-21(9-6-17)19(23)7-14-27(24,25)22-10-12-26-13-11-22/h1-4,17H,5-15H2. The van der Waals surface area contributed by atoms with Gasteiger partial charge in [-0.15, -0.1) is 0 Å². The highest BCUT2D eigenvalue weighted by Gasteiger charge is 2.27. The minimum atomic E-state index is -3.40. The second kappa shape index (κ2) is 9.12. The van der Waals surface area contributed by atoms with Crippen LogP contribution in [0.2, 0.25) is 0 Å². The molecule has 2 aliphatic heterocycles. The van der Waals surface area contributed by atoms with E-state index in [2.05, 4.69) is 0 Å². The van der Waals surface area contributed by atoms with Crippen LogP contribution in [0.4, 0.5) is 4.39 Å². The fourth-order valence-corrected chi connectivity index (χ4v) is 5.06. The second-order valence-electron chi connectivity index (χ2n) is 7.23. The molecule has 6 nitrogen and oxygen atoms in total. The topological polar surface area (TPSA) is 66.9 Å². The van der Waals surface area contributed by atoms with Gasteiger partial charge in [-0.1, -0.05) is 12.1 Å². The minimum absolute atomic E-state index is 0.0301. The summed E-state index contributed by atoms with van der Waals surface area (Å²) in [5, 5.41) is 0. The van der Waals surface area contributed by atoms with Gasteiger partial charge in [-0.2, -0.15) is 4.31 Å². The number of rotatable bonds is 6. The van der Waals surface area contributed by atoms with Gasteiger partial charge in [-0.3, -0.25) is 4.79 Å². The lowest BCUT2D eigenvalue weighted by Crippen LogP contribution is -2.43. The van der Waals surface area contributed by atoms with Crippen LogP contribution in [0.1, 0.15) is 24.8 Å². The van der Waals surface area contributed by atoms with Gasteiger partial charge in [-0.05, 0) is 42.9 Å². The lowest BCUT2D eigenvalue weighted by Gasteiger charge is -2.32. The molecule has 0 radical (unpaired) electrons. The summed E-state index contributed by atoms with van der Waals surface area (Å²) in [6.45, 7) is 2.87. The van der Waals surface area contributed by atoms with Gasteiger partial charge in [0.1, 0.15) is 5.82 Å². The average Bonchev–Trinajstić information content (AvgIpc) is 2.69. The van der Waals surface area contributed by atoms with Crippen LogP contribution in [0, 0.1) is 11.7 Å². The molecule has 150 valence electrons. The minimum Gasteiger partial charge on any atom is -0.379 e. The van der Waals surface area contributed by atoms with Crippen molar-refractivity contribution >= 4 is 15.9 Å². The Morgan fingerprint density at radius 2 is 1.70 bits per heavy atom. The SMILES string of the molecule is O=C(CCS(=O)(=O)N1CCOCC1)N1CCC(Cc2ccc(F)cc2)CC1. The van der Waals surface area contributed by atoms with Gasteiger partial charge >= 0.3 is 0 Å². The first kappa shape index (κ1) is 20.2. The highest BCUT2D eigenvalue weighted by molar-refractivity contribution is 7.89. The molecular weight excluding hydrogens is 371 g/mol. The van der Waals surface area contributed by atoms with Gasteiger partial charge in [0.05, 0.1) is 19.0 Å². The normalized spacial score (nSPS) is 20.0. The van der Waals surface area contributed by atoms with Gasteiger partial charge in [-0.25, -0.2) is 12.8 Å². The summed E-state index contributed by atoms with van der Waals surface area (Å²) in [5.74, 6) is 0.0105. The number of likely N-dealkylation sites (tertiary alicyclic amines) is 1. The lowest BCUT2D eigenvalue weighted by molar-refractivity contribution is -0.132. The monoisotopic (exact) mass is 398 g/mol. The molecule has 0 atom stereocenters. The van der Waals surface area contributed by atoms with Crippen LogP contribution in [0.3, 0.4) is 0 Å². The summed E-state index contributed by atoms with van der Waals surface area (Å²) in [6.07, 6.45) is 2.69. The van der Waals surface area contributed by atoms with Gasteiger partial charge < -0.3 is 9.64 Å². The third-order valence-corrected chi connectivity index (χ3v) is 7.21. The van der Waals surface area contributed by atoms with E-state index in [-0.39, 0.29) is 23.9 Å². The Balaban J connectivity index is 1.42. The average molecular weight is 399 g/mol. The van der Waals surface area contributed by atoms with Crippen LogP contribution < -0.4 is 0 Å². The van der Waals surface area contributed by atoms with E-state index in [1.54, 1.807) is 4.90 Å². The first-order chi connectivity index (χ1) is 12.9. The predicted molar refractivity (Wildman–Crippen MR) is 100 cm³/mol. The van der Waals surface area contributed by atoms with Crippen LogP contribution in [0.25, 0.3) is 0 Å². The van der Waals surface area contributed by atoms with Crippen LogP contribution in [-0.4, -0.2) is 68.7 Å². The molecule has 2 fully saturated rings. The number of amides is 1. The van der Waals surface area contributed by atoms with E-state index in [1.165, 1.54) is 16.4 Å². The molecule has 0 bridgehead atoms. The molecule has 3 rings (SSSR count).